The van der Waals surface area contributed by atoms with Crippen molar-refractivity contribution in [2.45, 2.75) is 57.5 Å². The number of amides is 1. The number of carbonyl (C=O) groups excluding carboxylic acids is 1. The molecule has 0 radical (unpaired) electrons. The molecule has 3 nitrogen and oxygen atoms in total. The van der Waals surface area contributed by atoms with E-state index in [1.165, 1.54) is 53.7 Å². The van der Waals surface area contributed by atoms with Crippen LogP contribution in [-0.2, 0) is 11.2 Å². The number of thiophene rings is 1. The van der Waals surface area contributed by atoms with Crippen LogP contribution >= 0.6 is 11.3 Å². The minimum absolute atomic E-state index is 0.0619. The summed E-state index contributed by atoms with van der Waals surface area (Å²) in [5, 5.41) is 5.71. The fourth-order valence-corrected chi connectivity index (χ4v) is 5.36. The van der Waals surface area contributed by atoms with Crippen LogP contribution in [0.5, 0.6) is 0 Å². The van der Waals surface area contributed by atoms with Crippen LogP contribution in [0.2, 0.25) is 0 Å². The van der Waals surface area contributed by atoms with Gasteiger partial charge >= 0.3 is 0 Å². The number of carbonyl (C=O) groups is 1. The molecule has 4 rings (SSSR count). The second-order valence-corrected chi connectivity index (χ2v) is 8.61. The van der Waals surface area contributed by atoms with Crippen LogP contribution < -0.4 is 5.32 Å². The highest BCUT2D eigenvalue weighted by atomic mass is 32.1. The van der Waals surface area contributed by atoms with E-state index in [4.69, 9.17) is 0 Å². The van der Waals surface area contributed by atoms with Gasteiger partial charge in [0, 0.05) is 17.5 Å². The summed E-state index contributed by atoms with van der Waals surface area (Å²) in [6.45, 7) is 3.43. The summed E-state index contributed by atoms with van der Waals surface area (Å²) >= 11 is 1.83. The third-order valence-corrected chi connectivity index (χ3v) is 6.91. The normalized spacial score (nSPS) is 20.8. The predicted octanol–water partition coefficient (Wildman–Crippen LogP) is 4.45. The molecule has 1 aliphatic heterocycles. The van der Waals surface area contributed by atoms with Gasteiger partial charge in [-0.2, -0.15) is 0 Å². The van der Waals surface area contributed by atoms with Crippen molar-refractivity contribution in [2.75, 3.05) is 13.1 Å². The Kier molecular flexibility index (Phi) is 5.41. The Bertz CT molecular complexity index is 763. The average molecular weight is 369 g/mol. The van der Waals surface area contributed by atoms with Gasteiger partial charge in [-0.3, -0.25) is 4.79 Å². The van der Waals surface area contributed by atoms with Crippen molar-refractivity contribution in [1.82, 2.24) is 10.2 Å². The minimum atomic E-state index is 0.0619. The van der Waals surface area contributed by atoms with Crippen LogP contribution in [0.4, 0.5) is 0 Å². The lowest BCUT2D eigenvalue weighted by molar-refractivity contribution is -0.132. The first-order chi connectivity index (χ1) is 12.7. The summed E-state index contributed by atoms with van der Waals surface area (Å²) in [6, 6.07) is 11.3. The van der Waals surface area contributed by atoms with Crippen LogP contribution in [0, 0.1) is 6.92 Å². The number of rotatable bonds is 4. The van der Waals surface area contributed by atoms with E-state index < -0.39 is 0 Å². The van der Waals surface area contributed by atoms with Gasteiger partial charge in [0.05, 0.1) is 12.6 Å². The highest BCUT2D eigenvalue weighted by molar-refractivity contribution is 7.10. The molecule has 1 aromatic heterocycles. The molecular weight excluding hydrogens is 340 g/mol. The summed E-state index contributed by atoms with van der Waals surface area (Å²) in [5.41, 5.74) is 3.84. The fraction of sp³-hybridized carbons (Fsp3) is 0.500. The van der Waals surface area contributed by atoms with Crippen molar-refractivity contribution in [1.29, 1.82) is 0 Å². The standard InChI is InChI=1S/C22H28N2OS/c1-16-7-5-6-10-18(16)22-19-12-14-26-20(19)11-13-24(22)21(25)15-23-17-8-3-2-4-9-17/h5-7,10,12,14,17,22-23H,2-4,8-9,11,13,15H2,1H3/t22-/m0/s1. The largest absolute Gasteiger partial charge is 0.330 e. The van der Waals surface area contributed by atoms with Crippen molar-refractivity contribution >= 4 is 17.2 Å². The molecule has 2 aliphatic rings. The van der Waals surface area contributed by atoms with Gasteiger partial charge in [-0.25, -0.2) is 0 Å². The number of hydrogen-bond donors (Lipinski definition) is 1. The Balaban J connectivity index is 1.55. The number of fused-ring (bicyclic) bond motifs is 1. The number of aryl methyl sites for hydroxylation is 1. The zero-order valence-electron chi connectivity index (χ0n) is 15.5. The SMILES string of the molecule is Cc1ccccc1[C@H]1c2ccsc2CCN1C(=O)CNC1CCCCC1. The Hall–Kier alpha value is -1.65. The van der Waals surface area contributed by atoms with Crippen LogP contribution in [0.15, 0.2) is 35.7 Å². The number of nitrogens with zero attached hydrogens (tertiary/aromatic N) is 1. The van der Waals surface area contributed by atoms with Gasteiger partial charge in [0.15, 0.2) is 0 Å². The van der Waals surface area contributed by atoms with Gasteiger partial charge in [0.1, 0.15) is 0 Å². The molecule has 1 aliphatic carbocycles. The smallest absolute Gasteiger partial charge is 0.237 e. The molecule has 1 saturated carbocycles. The summed E-state index contributed by atoms with van der Waals surface area (Å²) in [5.74, 6) is 0.237. The molecule has 1 atom stereocenters. The van der Waals surface area contributed by atoms with Crippen LogP contribution in [0.25, 0.3) is 0 Å². The highest BCUT2D eigenvalue weighted by Crippen LogP contribution is 2.38. The summed E-state index contributed by atoms with van der Waals surface area (Å²) in [4.78, 5) is 16.7. The lowest BCUT2D eigenvalue weighted by Gasteiger charge is -2.37. The van der Waals surface area contributed by atoms with E-state index in [2.05, 4.69) is 52.9 Å². The van der Waals surface area contributed by atoms with Gasteiger partial charge in [-0.05, 0) is 54.3 Å². The van der Waals surface area contributed by atoms with Crippen molar-refractivity contribution in [3.8, 4) is 0 Å². The maximum Gasteiger partial charge on any atom is 0.237 e. The lowest BCUT2D eigenvalue weighted by Crippen LogP contribution is -2.46. The molecule has 0 unspecified atom stereocenters. The second-order valence-electron chi connectivity index (χ2n) is 7.61. The molecule has 0 bridgehead atoms. The van der Waals surface area contributed by atoms with Crippen molar-refractivity contribution in [3.63, 3.8) is 0 Å². The van der Waals surface area contributed by atoms with Gasteiger partial charge in [-0.1, -0.05) is 43.5 Å². The van der Waals surface area contributed by atoms with Gasteiger partial charge < -0.3 is 10.2 Å². The van der Waals surface area contributed by atoms with E-state index in [9.17, 15) is 4.79 Å². The lowest BCUT2D eigenvalue weighted by atomic mass is 9.90. The van der Waals surface area contributed by atoms with E-state index in [1.54, 1.807) is 0 Å². The quantitative estimate of drug-likeness (QED) is 0.864. The molecule has 1 amide bonds. The summed E-state index contributed by atoms with van der Waals surface area (Å²) in [7, 11) is 0. The van der Waals surface area contributed by atoms with E-state index in [0.717, 1.165) is 13.0 Å². The first-order valence-electron chi connectivity index (χ1n) is 9.88. The molecule has 1 fully saturated rings. The zero-order chi connectivity index (χ0) is 17.9. The molecule has 26 heavy (non-hydrogen) atoms. The highest BCUT2D eigenvalue weighted by Gasteiger charge is 2.33. The van der Waals surface area contributed by atoms with Gasteiger partial charge in [0.25, 0.3) is 0 Å². The summed E-state index contributed by atoms with van der Waals surface area (Å²) in [6.07, 6.45) is 7.32. The Morgan fingerprint density at radius 1 is 1.15 bits per heavy atom. The molecule has 4 heteroatoms. The number of nitrogens with one attached hydrogen (secondary N) is 1. The fourth-order valence-electron chi connectivity index (χ4n) is 4.45. The maximum atomic E-state index is 13.1. The third-order valence-electron chi connectivity index (χ3n) is 5.92. The Morgan fingerprint density at radius 2 is 1.96 bits per heavy atom. The Labute approximate surface area is 160 Å². The first kappa shape index (κ1) is 17.7. The molecular formula is C22H28N2OS. The van der Waals surface area contributed by atoms with Crippen molar-refractivity contribution < 1.29 is 4.79 Å². The molecule has 2 aromatic rings. The topological polar surface area (TPSA) is 32.3 Å². The molecule has 138 valence electrons. The summed E-state index contributed by atoms with van der Waals surface area (Å²) < 4.78 is 0. The van der Waals surface area contributed by atoms with Crippen LogP contribution in [0.1, 0.15) is 59.7 Å². The monoisotopic (exact) mass is 368 g/mol. The van der Waals surface area contributed by atoms with Crippen LogP contribution in [0.3, 0.4) is 0 Å². The maximum absolute atomic E-state index is 13.1. The van der Waals surface area contributed by atoms with E-state index >= 15 is 0 Å². The van der Waals surface area contributed by atoms with Crippen molar-refractivity contribution in [3.05, 3.63) is 57.3 Å². The molecule has 1 aromatic carbocycles. The van der Waals surface area contributed by atoms with E-state index in [-0.39, 0.29) is 11.9 Å². The molecule has 0 spiro atoms. The predicted molar refractivity (Wildman–Crippen MR) is 108 cm³/mol. The zero-order valence-corrected chi connectivity index (χ0v) is 16.4. The molecule has 1 N–H and O–H groups in total. The average Bonchev–Trinajstić information content (AvgIpc) is 3.15. The molecule has 0 saturated heterocycles. The van der Waals surface area contributed by atoms with E-state index in [0.29, 0.717) is 12.6 Å². The number of benzene rings is 1. The second kappa shape index (κ2) is 7.93. The van der Waals surface area contributed by atoms with Gasteiger partial charge in [-0.15, -0.1) is 11.3 Å². The molecule has 2 heterocycles. The van der Waals surface area contributed by atoms with Crippen molar-refractivity contribution in [2.24, 2.45) is 0 Å². The van der Waals surface area contributed by atoms with Gasteiger partial charge in [0.2, 0.25) is 5.91 Å². The first-order valence-corrected chi connectivity index (χ1v) is 10.8. The van der Waals surface area contributed by atoms with E-state index in [1.807, 2.05) is 11.3 Å². The minimum Gasteiger partial charge on any atom is -0.330 e. The van der Waals surface area contributed by atoms with Crippen LogP contribution in [-0.4, -0.2) is 29.9 Å². The number of hydrogen-bond acceptors (Lipinski definition) is 3. The Morgan fingerprint density at radius 3 is 2.77 bits per heavy atom. The third kappa shape index (κ3) is 3.58.